The van der Waals surface area contributed by atoms with Crippen molar-refractivity contribution in [3.8, 4) is 11.5 Å². The normalized spacial score (nSPS) is 13.3. The number of H-pyrrole nitrogens is 1. The minimum absolute atomic E-state index is 0.158. The number of nitrogens with zero attached hydrogens (tertiary/aromatic N) is 2. The third kappa shape index (κ3) is 4.60. The molecule has 0 fully saturated rings. The van der Waals surface area contributed by atoms with E-state index >= 15 is 0 Å². The van der Waals surface area contributed by atoms with Crippen LogP contribution in [0.5, 0.6) is 11.5 Å². The number of hydrogen-bond acceptors (Lipinski definition) is 6. The monoisotopic (exact) mass is 408 g/mol. The second-order valence-corrected chi connectivity index (χ2v) is 7.09. The summed E-state index contributed by atoms with van der Waals surface area (Å²) in [7, 11) is 0. The lowest BCUT2D eigenvalue weighted by molar-refractivity contribution is -0.117. The number of ether oxygens (including phenoxy) is 2. The molecule has 3 aromatic rings. The third-order valence-electron chi connectivity index (χ3n) is 4.88. The highest BCUT2D eigenvalue weighted by molar-refractivity contribution is 5.92. The summed E-state index contributed by atoms with van der Waals surface area (Å²) < 4.78 is 11.3. The van der Waals surface area contributed by atoms with Crippen molar-refractivity contribution < 1.29 is 14.3 Å². The highest BCUT2D eigenvalue weighted by Gasteiger charge is 2.15. The molecule has 1 amide bonds. The summed E-state index contributed by atoms with van der Waals surface area (Å²) in [5, 5.41) is 3.45. The molecule has 0 unspecified atom stereocenters. The molecule has 1 aromatic heterocycles. The first-order valence-corrected chi connectivity index (χ1v) is 10.0. The van der Waals surface area contributed by atoms with E-state index in [4.69, 9.17) is 9.47 Å². The Morgan fingerprint density at radius 3 is 2.80 bits per heavy atom. The molecule has 0 radical (unpaired) electrons. The van der Waals surface area contributed by atoms with Gasteiger partial charge in [0, 0.05) is 18.2 Å². The lowest BCUT2D eigenvalue weighted by Crippen LogP contribution is -2.33. The molecule has 2 N–H and O–H groups in total. The zero-order chi connectivity index (χ0) is 20.9. The van der Waals surface area contributed by atoms with Crippen molar-refractivity contribution >= 4 is 22.5 Å². The Morgan fingerprint density at radius 2 is 1.97 bits per heavy atom. The van der Waals surface area contributed by atoms with E-state index in [0.29, 0.717) is 60.2 Å². The van der Waals surface area contributed by atoms with Crippen molar-refractivity contribution in [2.24, 2.45) is 0 Å². The molecule has 8 nitrogen and oxygen atoms in total. The van der Waals surface area contributed by atoms with E-state index in [0.717, 1.165) is 6.42 Å². The van der Waals surface area contributed by atoms with Gasteiger partial charge in [0.25, 0.3) is 5.56 Å². The number of para-hydroxylation sites is 1. The summed E-state index contributed by atoms with van der Waals surface area (Å²) in [5.41, 5.74) is 1.12. The van der Waals surface area contributed by atoms with Gasteiger partial charge in [-0.3, -0.25) is 14.5 Å². The predicted molar refractivity (Wildman–Crippen MR) is 114 cm³/mol. The van der Waals surface area contributed by atoms with Gasteiger partial charge in [-0.05, 0) is 30.8 Å². The van der Waals surface area contributed by atoms with E-state index in [-0.39, 0.29) is 18.0 Å². The molecule has 156 valence electrons. The summed E-state index contributed by atoms with van der Waals surface area (Å²) in [6.07, 6.45) is 0.826. The quantitative estimate of drug-likeness (QED) is 0.651. The summed E-state index contributed by atoms with van der Waals surface area (Å²) in [6, 6.07) is 12.6. The molecular formula is C22H24N4O4. The van der Waals surface area contributed by atoms with Crippen LogP contribution in [0.1, 0.15) is 19.2 Å². The number of carbonyl (C=O) groups is 1. The SMILES string of the molecule is CCN(CC(=O)Nc1ccc2c(c1)OCCCO2)Cc1nc2ccccc2c(=O)[nH]1. The lowest BCUT2D eigenvalue weighted by Gasteiger charge is -2.19. The molecule has 8 heteroatoms. The molecule has 1 aliphatic rings. The van der Waals surface area contributed by atoms with Crippen LogP contribution >= 0.6 is 0 Å². The Balaban J connectivity index is 1.42. The average molecular weight is 408 g/mol. The van der Waals surface area contributed by atoms with Crippen molar-refractivity contribution in [3.63, 3.8) is 0 Å². The Labute approximate surface area is 173 Å². The molecule has 30 heavy (non-hydrogen) atoms. The fourth-order valence-electron chi connectivity index (χ4n) is 3.35. The molecule has 4 rings (SSSR count). The molecule has 2 aromatic carbocycles. The number of aromatic nitrogens is 2. The van der Waals surface area contributed by atoms with E-state index in [9.17, 15) is 9.59 Å². The number of benzene rings is 2. The van der Waals surface area contributed by atoms with Crippen LogP contribution in [-0.4, -0.2) is 47.1 Å². The minimum Gasteiger partial charge on any atom is -0.490 e. The number of hydrogen-bond donors (Lipinski definition) is 2. The average Bonchev–Trinajstić information content (AvgIpc) is 2.98. The van der Waals surface area contributed by atoms with Crippen LogP contribution in [0.25, 0.3) is 10.9 Å². The van der Waals surface area contributed by atoms with Gasteiger partial charge in [0.1, 0.15) is 5.82 Å². The Hall–Kier alpha value is -3.39. The highest BCUT2D eigenvalue weighted by atomic mass is 16.5. The topological polar surface area (TPSA) is 96.6 Å². The minimum atomic E-state index is -0.177. The lowest BCUT2D eigenvalue weighted by atomic mass is 10.2. The fraction of sp³-hybridized carbons (Fsp3) is 0.318. The Morgan fingerprint density at radius 1 is 1.17 bits per heavy atom. The molecule has 0 atom stereocenters. The Bertz CT molecular complexity index is 1110. The second kappa shape index (κ2) is 8.96. The van der Waals surface area contributed by atoms with Gasteiger partial charge < -0.3 is 19.8 Å². The zero-order valence-electron chi connectivity index (χ0n) is 16.8. The smallest absolute Gasteiger partial charge is 0.258 e. The second-order valence-electron chi connectivity index (χ2n) is 7.09. The number of aromatic amines is 1. The molecule has 0 saturated carbocycles. The van der Waals surface area contributed by atoms with Gasteiger partial charge in [-0.1, -0.05) is 19.1 Å². The zero-order valence-corrected chi connectivity index (χ0v) is 16.8. The van der Waals surface area contributed by atoms with E-state index < -0.39 is 0 Å². The van der Waals surface area contributed by atoms with Crippen LogP contribution in [0.15, 0.2) is 47.3 Å². The predicted octanol–water partition coefficient (Wildman–Crippen LogP) is 2.54. The van der Waals surface area contributed by atoms with Crippen LogP contribution in [0.4, 0.5) is 5.69 Å². The van der Waals surface area contributed by atoms with Gasteiger partial charge in [-0.25, -0.2) is 4.98 Å². The van der Waals surface area contributed by atoms with Crippen molar-refractivity contribution in [2.75, 3.05) is 31.6 Å². The fourth-order valence-corrected chi connectivity index (χ4v) is 3.35. The van der Waals surface area contributed by atoms with Crippen LogP contribution in [0, 0.1) is 0 Å². The summed E-state index contributed by atoms with van der Waals surface area (Å²) in [6.45, 7) is 4.33. The first-order valence-electron chi connectivity index (χ1n) is 10.0. The standard InChI is InChI=1S/C22H24N4O4/c1-2-26(13-20-24-17-7-4-3-6-16(17)22(28)25-20)14-21(27)23-15-8-9-18-19(12-15)30-11-5-10-29-18/h3-4,6-9,12H,2,5,10-11,13-14H2,1H3,(H,23,27)(H,24,25,28). The van der Waals surface area contributed by atoms with Gasteiger partial charge in [0.15, 0.2) is 11.5 Å². The Kier molecular flexibility index (Phi) is 5.94. The van der Waals surface area contributed by atoms with Gasteiger partial charge >= 0.3 is 0 Å². The maximum atomic E-state index is 12.6. The molecular weight excluding hydrogens is 384 g/mol. The van der Waals surface area contributed by atoms with Crippen LogP contribution < -0.4 is 20.3 Å². The number of likely N-dealkylation sites (N-methyl/N-ethyl adjacent to an activating group) is 1. The third-order valence-corrected chi connectivity index (χ3v) is 4.88. The van der Waals surface area contributed by atoms with E-state index in [1.165, 1.54) is 0 Å². The van der Waals surface area contributed by atoms with Crippen LogP contribution in [0.2, 0.25) is 0 Å². The largest absolute Gasteiger partial charge is 0.490 e. The maximum Gasteiger partial charge on any atom is 0.258 e. The first kappa shape index (κ1) is 19.9. The van der Waals surface area contributed by atoms with E-state index in [2.05, 4.69) is 15.3 Å². The van der Waals surface area contributed by atoms with Gasteiger partial charge in [0.2, 0.25) is 5.91 Å². The molecule has 0 spiro atoms. The molecule has 0 bridgehead atoms. The van der Waals surface area contributed by atoms with E-state index in [1.54, 1.807) is 36.4 Å². The van der Waals surface area contributed by atoms with Gasteiger partial charge in [-0.15, -0.1) is 0 Å². The van der Waals surface area contributed by atoms with Gasteiger partial charge in [-0.2, -0.15) is 0 Å². The highest BCUT2D eigenvalue weighted by Crippen LogP contribution is 2.32. The summed E-state index contributed by atoms with van der Waals surface area (Å²) in [4.78, 5) is 34.1. The summed E-state index contributed by atoms with van der Waals surface area (Å²) >= 11 is 0. The van der Waals surface area contributed by atoms with Crippen molar-refractivity contribution in [1.82, 2.24) is 14.9 Å². The summed E-state index contributed by atoms with van der Waals surface area (Å²) in [5.74, 6) is 1.70. The van der Waals surface area contributed by atoms with Crippen LogP contribution in [-0.2, 0) is 11.3 Å². The number of nitrogens with one attached hydrogen (secondary N) is 2. The molecule has 0 aliphatic carbocycles. The molecule has 1 aliphatic heterocycles. The number of fused-ring (bicyclic) bond motifs is 2. The van der Waals surface area contributed by atoms with Crippen molar-refractivity contribution in [3.05, 3.63) is 58.6 Å². The number of anilines is 1. The first-order chi connectivity index (χ1) is 14.6. The number of rotatable bonds is 6. The molecule has 2 heterocycles. The molecule has 0 saturated heterocycles. The van der Waals surface area contributed by atoms with Gasteiger partial charge in [0.05, 0.1) is 37.2 Å². The van der Waals surface area contributed by atoms with E-state index in [1.807, 2.05) is 17.9 Å². The van der Waals surface area contributed by atoms with Crippen molar-refractivity contribution in [2.45, 2.75) is 19.9 Å². The van der Waals surface area contributed by atoms with Crippen molar-refractivity contribution in [1.29, 1.82) is 0 Å². The maximum absolute atomic E-state index is 12.6. The number of amides is 1. The van der Waals surface area contributed by atoms with Crippen LogP contribution in [0.3, 0.4) is 0 Å². The number of carbonyl (C=O) groups excluding carboxylic acids is 1.